The molecule has 1 aliphatic heterocycles. The van der Waals surface area contributed by atoms with Crippen LogP contribution in [0.15, 0.2) is 47.6 Å². The van der Waals surface area contributed by atoms with Crippen molar-refractivity contribution in [3.05, 3.63) is 53.7 Å². The number of aryl methyl sites for hydroxylation is 1. The SMILES string of the molecule is C=C(C)C1=NC=C(c2ccccc2C)C1. The Morgan fingerprint density at radius 3 is 2.67 bits per heavy atom. The zero-order valence-corrected chi connectivity index (χ0v) is 9.25. The van der Waals surface area contributed by atoms with Gasteiger partial charge >= 0.3 is 0 Å². The van der Waals surface area contributed by atoms with Gasteiger partial charge in [0.15, 0.2) is 0 Å². The molecule has 1 aromatic rings. The van der Waals surface area contributed by atoms with Crippen LogP contribution in [0, 0.1) is 6.92 Å². The van der Waals surface area contributed by atoms with E-state index in [-0.39, 0.29) is 0 Å². The highest BCUT2D eigenvalue weighted by Crippen LogP contribution is 2.27. The molecule has 1 nitrogen and oxygen atoms in total. The number of nitrogens with zero attached hydrogens (tertiary/aromatic N) is 1. The second-order valence-electron chi connectivity index (χ2n) is 4.00. The smallest absolute Gasteiger partial charge is 0.0471 e. The third-order valence-corrected chi connectivity index (χ3v) is 2.72. The summed E-state index contributed by atoms with van der Waals surface area (Å²) in [7, 11) is 0. The van der Waals surface area contributed by atoms with Gasteiger partial charge in [-0.1, -0.05) is 30.8 Å². The molecular formula is C14H15N. The number of hydrogen-bond donors (Lipinski definition) is 0. The lowest BCUT2D eigenvalue weighted by molar-refractivity contribution is 1.38. The lowest BCUT2D eigenvalue weighted by Gasteiger charge is -2.06. The average molecular weight is 197 g/mol. The topological polar surface area (TPSA) is 12.4 Å². The van der Waals surface area contributed by atoms with Gasteiger partial charge in [0.2, 0.25) is 0 Å². The van der Waals surface area contributed by atoms with Crippen molar-refractivity contribution in [3.8, 4) is 0 Å². The molecule has 0 unspecified atom stereocenters. The molecule has 2 rings (SSSR count). The van der Waals surface area contributed by atoms with Crippen LogP contribution in [0.4, 0.5) is 0 Å². The zero-order valence-electron chi connectivity index (χ0n) is 9.25. The maximum Gasteiger partial charge on any atom is 0.0471 e. The van der Waals surface area contributed by atoms with Crippen molar-refractivity contribution in [1.29, 1.82) is 0 Å². The van der Waals surface area contributed by atoms with Gasteiger partial charge < -0.3 is 0 Å². The maximum absolute atomic E-state index is 4.39. The van der Waals surface area contributed by atoms with Crippen molar-refractivity contribution < 1.29 is 0 Å². The van der Waals surface area contributed by atoms with E-state index in [9.17, 15) is 0 Å². The first-order valence-corrected chi connectivity index (χ1v) is 5.16. The molecule has 0 aromatic heterocycles. The first-order chi connectivity index (χ1) is 7.18. The van der Waals surface area contributed by atoms with Gasteiger partial charge in [-0.15, -0.1) is 0 Å². The summed E-state index contributed by atoms with van der Waals surface area (Å²) < 4.78 is 0. The number of allylic oxidation sites excluding steroid dienone is 2. The van der Waals surface area contributed by atoms with Gasteiger partial charge in [-0.25, -0.2) is 0 Å². The van der Waals surface area contributed by atoms with E-state index in [1.54, 1.807) is 0 Å². The minimum atomic E-state index is 0.917. The Bertz CT molecular complexity index is 464. The van der Waals surface area contributed by atoms with E-state index in [2.05, 4.69) is 42.8 Å². The largest absolute Gasteiger partial charge is 0.260 e. The first kappa shape index (κ1) is 9.91. The van der Waals surface area contributed by atoms with Crippen molar-refractivity contribution in [2.45, 2.75) is 20.3 Å². The highest BCUT2D eigenvalue weighted by molar-refractivity contribution is 6.08. The second-order valence-corrected chi connectivity index (χ2v) is 4.00. The van der Waals surface area contributed by atoms with Crippen molar-refractivity contribution >= 4 is 11.3 Å². The monoisotopic (exact) mass is 197 g/mol. The Labute approximate surface area is 90.9 Å². The third kappa shape index (κ3) is 1.91. The van der Waals surface area contributed by atoms with Crippen LogP contribution >= 0.6 is 0 Å². The molecule has 76 valence electrons. The van der Waals surface area contributed by atoms with E-state index in [0.717, 1.165) is 17.7 Å². The molecule has 0 aliphatic carbocycles. The van der Waals surface area contributed by atoms with Crippen LogP contribution in [-0.4, -0.2) is 5.71 Å². The predicted molar refractivity (Wildman–Crippen MR) is 66.0 cm³/mol. The van der Waals surface area contributed by atoms with Gasteiger partial charge in [0.05, 0.1) is 0 Å². The summed E-state index contributed by atoms with van der Waals surface area (Å²) in [6.45, 7) is 8.06. The molecule has 1 heteroatoms. The van der Waals surface area contributed by atoms with Crippen LogP contribution in [0.25, 0.3) is 5.57 Å². The quantitative estimate of drug-likeness (QED) is 0.684. The average Bonchev–Trinajstić information content (AvgIpc) is 2.67. The predicted octanol–water partition coefficient (Wildman–Crippen LogP) is 3.76. The van der Waals surface area contributed by atoms with E-state index < -0.39 is 0 Å². The molecule has 0 N–H and O–H groups in total. The summed E-state index contributed by atoms with van der Waals surface area (Å²) in [6, 6.07) is 8.42. The summed E-state index contributed by atoms with van der Waals surface area (Å²) in [5.74, 6) is 0. The van der Waals surface area contributed by atoms with Gasteiger partial charge in [0.1, 0.15) is 0 Å². The van der Waals surface area contributed by atoms with Gasteiger partial charge in [-0.05, 0) is 36.1 Å². The Morgan fingerprint density at radius 1 is 1.33 bits per heavy atom. The summed E-state index contributed by atoms with van der Waals surface area (Å²) >= 11 is 0. The molecule has 0 amide bonds. The summed E-state index contributed by atoms with van der Waals surface area (Å²) in [5.41, 5.74) is 6.08. The molecule has 0 saturated carbocycles. The van der Waals surface area contributed by atoms with Crippen molar-refractivity contribution in [3.63, 3.8) is 0 Å². The van der Waals surface area contributed by atoms with E-state index in [4.69, 9.17) is 0 Å². The Hall–Kier alpha value is -1.63. The number of hydrogen-bond acceptors (Lipinski definition) is 1. The van der Waals surface area contributed by atoms with Gasteiger partial charge in [0.25, 0.3) is 0 Å². The zero-order chi connectivity index (χ0) is 10.8. The molecule has 1 aromatic carbocycles. The van der Waals surface area contributed by atoms with Crippen LogP contribution in [0.2, 0.25) is 0 Å². The van der Waals surface area contributed by atoms with Gasteiger partial charge in [0, 0.05) is 18.3 Å². The van der Waals surface area contributed by atoms with Crippen LogP contribution in [0.1, 0.15) is 24.5 Å². The normalized spacial score (nSPS) is 14.8. The molecule has 0 fully saturated rings. The first-order valence-electron chi connectivity index (χ1n) is 5.16. The molecular weight excluding hydrogens is 182 g/mol. The standard InChI is InChI=1S/C14H15N/c1-10(2)14-8-12(9-15-14)13-7-5-4-6-11(13)3/h4-7,9H,1,8H2,2-3H3. The van der Waals surface area contributed by atoms with Crippen LogP contribution in [0.5, 0.6) is 0 Å². The second kappa shape index (κ2) is 3.85. The summed E-state index contributed by atoms with van der Waals surface area (Å²) in [4.78, 5) is 4.39. The fourth-order valence-electron chi connectivity index (χ4n) is 1.79. The highest BCUT2D eigenvalue weighted by atomic mass is 14.7. The Kier molecular flexibility index (Phi) is 2.55. The van der Waals surface area contributed by atoms with Gasteiger partial charge in [-0.3, -0.25) is 4.99 Å². The number of aliphatic imine (C=N–C) groups is 1. The maximum atomic E-state index is 4.39. The van der Waals surface area contributed by atoms with E-state index >= 15 is 0 Å². The van der Waals surface area contributed by atoms with Crippen LogP contribution in [-0.2, 0) is 0 Å². The minimum absolute atomic E-state index is 0.917. The molecule has 1 heterocycles. The lowest BCUT2D eigenvalue weighted by Crippen LogP contribution is -1.96. The Balaban J connectivity index is 2.25. The summed E-state index contributed by atoms with van der Waals surface area (Å²) in [5, 5.41) is 0. The fourth-order valence-corrected chi connectivity index (χ4v) is 1.79. The molecule has 15 heavy (non-hydrogen) atoms. The highest BCUT2D eigenvalue weighted by Gasteiger charge is 2.13. The van der Waals surface area contributed by atoms with E-state index in [0.29, 0.717) is 0 Å². The molecule has 0 bridgehead atoms. The van der Waals surface area contributed by atoms with Crippen LogP contribution < -0.4 is 0 Å². The number of benzene rings is 1. The number of rotatable bonds is 2. The van der Waals surface area contributed by atoms with Gasteiger partial charge in [-0.2, -0.15) is 0 Å². The molecule has 1 aliphatic rings. The molecule has 0 spiro atoms. The van der Waals surface area contributed by atoms with E-state index in [1.807, 2.05) is 13.1 Å². The third-order valence-electron chi connectivity index (χ3n) is 2.72. The van der Waals surface area contributed by atoms with Crippen molar-refractivity contribution in [2.24, 2.45) is 4.99 Å². The summed E-state index contributed by atoms with van der Waals surface area (Å²) in [6.07, 6.45) is 2.88. The fraction of sp³-hybridized carbons (Fsp3) is 0.214. The minimum Gasteiger partial charge on any atom is -0.260 e. The molecule has 0 atom stereocenters. The molecule has 0 radical (unpaired) electrons. The molecule has 0 saturated heterocycles. The lowest BCUT2D eigenvalue weighted by atomic mass is 9.97. The van der Waals surface area contributed by atoms with E-state index in [1.165, 1.54) is 16.7 Å². The van der Waals surface area contributed by atoms with Crippen molar-refractivity contribution in [1.82, 2.24) is 0 Å². The van der Waals surface area contributed by atoms with Crippen molar-refractivity contribution in [2.75, 3.05) is 0 Å². The van der Waals surface area contributed by atoms with Crippen LogP contribution in [0.3, 0.4) is 0 Å². The Morgan fingerprint density at radius 2 is 2.07 bits per heavy atom.